The molecule has 1 amide bonds. The van der Waals surface area contributed by atoms with Gasteiger partial charge >= 0.3 is 0 Å². The summed E-state index contributed by atoms with van der Waals surface area (Å²) in [5.41, 5.74) is 3.24. The molecule has 1 heterocycles. The van der Waals surface area contributed by atoms with E-state index in [0.29, 0.717) is 5.88 Å². The summed E-state index contributed by atoms with van der Waals surface area (Å²) in [5, 5.41) is 3.83. The summed E-state index contributed by atoms with van der Waals surface area (Å²) < 4.78 is 6.10. The Morgan fingerprint density at radius 2 is 2.15 bits per heavy atom. The highest BCUT2D eigenvalue weighted by molar-refractivity contribution is 9.10. The lowest BCUT2D eigenvalue weighted by Crippen LogP contribution is -2.24. The van der Waals surface area contributed by atoms with Crippen molar-refractivity contribution >= 4 is 28.1 Å². The highest BCUT2D eigenvalue weighted by Crippen LogP contribution is 2.08. The van der Waals surface area contributed by atoms with Crippen LogP contribution in [0.15, 0.2) is 52.4 Å². The van der Waals surface area contributed by atoms with Gasteiger partial charge in [-0.2, -0.15) is 5.10 Å². The molecule has 0 unspecified atom stereocenters. The van der Waals surface area contributed by atoms with Gasteiger partial charge in [-0.3, -0.25) is 9.78 Å². The fraction of sp³-hybridized carbons (Fsp3) is 0.0769. The van der Waals surface area contributed by atoms with Gasteiger partial charge in [0, 0.05) is 16.9 Å². The van der Waals surface area contributed by atoms with E-state index in [0.717, 1.165) is 10.0 Å². The predicted molar refractivity (Wildman–Crippen MR) is 77.4 cm³/mol. The molecule has 0 aliphatic heterocycles. The first-order chi connectivity index (χ1) is 9.74. The molecule has 1 N–H and O–H groups in total. The van der Waals surface area contributed by atoms with E-state index >= 15 is 0 Å². The van der Waals surface area contributed by atoms with Crippen molar-refractivity contribution in [1.29, 1.82) is 0 Å². The van der Waals surface area contributed by atoms with Gasteiger partial charge in [0.1, 0.15) is 0 Å². The zero-order chi connectivity index (χ0) is 14.2. The second kappa shape index (κ2) is 7.34. The number of benzene rings is 1. The molecule has 0 atom stereocenters. The van der Waals surface area contributed by atoms with Crippen LogP contribution in [0, 0.1) is 0 Å². The lowest BCUT2D eigenvalue weighted by molar-refractivity contribution is -0.123. The Morgan fingerprint density at radius 1 is 1.35 bits per heavy atom. The minimum Gasteiger partial charge on any atom is -0.466 e. The first kappa shape index (κ1) is 14.1. The number of hydrazone groups is 1. The molecule has 0 radical (unpaired) electrons. The van der Waals surface area contributed by atoms with E-state index in [4.69, 9.17) is 4.74 Å². The van der Waals surface area contributed by atoms with Crippen LogP contribution in [0.2, 0.25) is 0 Å². The van der Waals surface area contributed by atoms with Crippen LogP contribution in [0.3, 0.4) is 0 Å². The predicted octanol–water partition coefficient (Wildman–Crippen LogP) is 1.77. The second-order valence-corrected chi connectivity index (χ2v) is 4.59. The van der Waals surface area contributed by atoms with Gasteiger partial charge in [-0.05, 0) is 17.7 Å². The molecule has 0 aliphatic carbocycles. The third-order valence-corrected chi connectivity index (χ3v) is 2.69. The SMILES string of the molecule is O=C(COc1cnccn1)N/N=C/c1ccc(Br)cc1. The molecule has 1 aromatic heterocycles. The highest BCUT2D eigenvalue weighted by atomic mass is 79.9. The van der Waals surface area contributed by atoms with Crippen molar-refractivity contribution in [2.75, 3.05) is 6.61 Å². The van der Waals surface area contributed by atoms with Crippen molar-refractivity contribution in [3.8, 4) is 5.88 Å². The van der Waals surface area contributed by atoms with E-state index in [9.17, 15) is 4.79 Å². The number of nitrogens with zero attached hydrogens (tertiary/aromatic N) is 3. The number of hydrogen-bond acceptors (Lipinski definition) is 5. The maximum absolute atomic E-state index is 11.5. The molecule has 0 bridgehead atoms. The number of halogens is 1. The minimum atomic E-state index is -0.371. The van der Waals surface area contributed by atoms with Gasteiger partial charge in [-0.15, -0.1) is 0 Å². The maximum Gasteiger partial charge on any atom is 0.278 e. The molecule has 7 heteroatoms. The van der Waals surface area contributed by atoms with E-state index in [2.05, 4.69) is 36.4 Å². The summed E-state index contributed by atoms with van der Waals surface area (Å²) >= 11 is 3.34. The van der Waals surface area contributed by atoms with Crippen molar-refractivity contribution in [2.45, 2.75) is 0 Å². The van der Waals surface area contributed by atoms with Crippen LogP contribution in [0.4, 0.5) is 0 Å². The number of carbonyl (C=O) groups excluding carboxylic acids is 1. The van der Waals surface area contributed by atoms with Gasteiger partial charge in [0.05, 0.1) is 12.4 Å². The van der Waals surface area contributed by atoms with Crippen LogP contribution in [-0.4, -0.2) is 28.7 Å². The standard InChI is InChI=1S/C13H11BrN4O2/c14-11-3-1-10(2-4-11)7-17-18-12(19)9-20-13-8-15-5-6-16-13/h1-8H,9H2,(H,18,19)/b17-7+. The van der Waals surface area contributed by atoms with E-state index in [1.165, 1.54) is 18.6 Å². The molecule has 2 rings (SSSR count). The Bertz CT molecular complexity index is 587. The Labute approximate surface area is 124 Å². The van der Waals surface area contributed by atoms with Gasteiger partial charge < -0.3 is 4.74 Å². The maximum atomic E-state index is 11.5. The summed E-state index contributed by atoms with van der Waals surface area (Å²) in [6.07, 6.45) is 5.99. The van der Waals surface area contributed by atoms with Gasteiger partial charge in [0.2, 0.25) is 5.88 Å². The van der Waals surface area contributed by atoms with Gasteiger partial charge in [-0.1, -0.05) is 28.1 Å². The molecule has 0 saturated carbocycles. The van der Waals surface area contributed by atoms with Crippen LogP contribution in [0.25, 0.3) is 0 Å². The quantitative estimate of drug-likeness (QED) is 0.667. The van der Waals surface area contributed by atoms with Crippen LogP contribution in [0.5, 0.6) is 5.88 Å². The Morgan fingerprint density at radius 3 is 2.85 bits per heavy atom. The number of ether oxygens (including phenoxy) is 1. The third-order valence-electron chi connectivity index (χ3n) is 2.16. The van der Waals surface area contributed by atoms with Crippen molar-refractivity contribution in [1.82, 2.24) is 15.4 Å². The zero-order valence-corrected chi connectivity index (χ0v) is 11.9. The summed E-state index contributed by atoms with van der Waals surface area (Å²) in [7, 11) is 0. The molecule has 0 saturated heterocycles. The largest absolute Gasteiger partial charge is 0.466 e. The molecular weight excluding hydrogens is 324 g/mol. The lowest BCUT2D eigenvalue weighted by atomic mass is 10.2. The number of aromatic nitrogens is 2. The van der Waals surface area contributed by atoms with Crippen LogP contribution >= 0.6 is 15.9 Å². The lowest BCUT2D eigenvalue weighted by Gasteiger charge is -2.02. The van der Waals surface area contributed by atoms with Crippen molar-refractivity contribution < 1.29 is 9.53 Å². The fourth-order valence-corrected chi connectivity index (χ4v) is 1.52. The molecule has 1 aromatic carbocycles. The van der Waals surface area contributed by atoms with Crippen LogP contribution < -0.4 is 10.2 Å². The average molecular weight is 335 g/mol. The van der Waals surface area contributed by atoms with Gasteiger partial charge in [-0.25, -0.2) is 10.4 Å². The number of carbonyl (C=O) groups is 1. The first-order valence-corrected chi connectivity index (χ1v) is 6.49. The number of nitrogens with one attached hydrogen (secondary N) is 1. The third kappa shape index (κ3) is 4.77. The van der Waals surface area contributed by atoms with Crippen molar-refractivity contribution in [3.05, 3.63) is 52.9 Å². The van der Waals surface area contributed by atoms with E-state index in [1.54, 1.807) is 6.21 Å². The molecule has 2 aromatic rings. The molecule has 6 nitrogen and oxygen atoms in total. The summed E-state index contributed by atoms with van der Waals surface area (Å²) in [5.74, 6) is -0.0800. The second-order valence-electron chi connectivity index (χ2n) is 3.68. The summed E-state index contributed by atoms with van der Waals surface area (Å²) in [4.78, 5) is 19.2. The van der Waals surface area contributed by atoms with E-state index in [1.807, 2.05) is 24.3 Å². The van der Waals surface area contributed by atoms with E-state index < -0.39 is 0 Å². The fourth-order valence-electron chi connectivity index (χ4n) is 1.26. The Kier molecular flexibility index (Phi) is 5.19. The van der Waals surface area contributed by atoms with Crippen molar-refractivity contribution in [3.63, 3.8) is 0 Å². The zero-order valence-electron chi connectivity index (χ0n) is 10.4. The van der Waals surface area contributed by atoms with Crippen LogP contribution in [0.1, 0.15) is 5.56 Å². The average Bonchev–Trinajstić information content (AvgIpc) is 2.48. The molecule has 0 spiro atoms. The highest BCUT2D eigenvalue weighted by Gasteiger charge is 2.01. The Hall–Kier alpha value is -2.28. The Balaban J connectivity index is 1.76. The smallest absolute Gasteiger partial charge is 0.278 e. The van der Waals surface area contributed by atoms with Crippen molar-refractivity contribution in [2.24, 2.45) is 5.10 Å². The molecule has 20 heavy (non-hydrogen) atoms. The van der Waals surface area contributed by atoms with Gasteiger partial charge in [0.15, 0.2) is 6.61 Å². The number of hydrogen-bond donors (Lipinski definition) is 1. The number of rotatable bonds is 5. The topological polar surface area (TPSA) is 76.5 Å². The van der Waals surface area contributed by atoms with Gasteiger partial charge in [0.25, 0.3) is 5.91 Å². The monoisotopic (exact) mass is 334 g/mol. The summed E-state index contributed by atoms with van der Waals surface area (Å²) in [6, 6.07) is 7.52. The molecule has 102 valence electrons. The van der Waals surface area contributed by atoms with E-state index in [-0.39, 0.29) is 12.5 Å². The molecule has 0 aliphatic rings. The van der Waals surface area contributed by atoms with Crippen LogP contribution in [-0.2, 0) is 4.79 Å². The minimum absolute atomic E-state index is 0.170. The number of amides is 1. The summed E-state index contributed by atoms with van der Waals surface area (Å²) in [6.45, 7) is -0.170. The molecule has 0 fully saturated rings. The normalized spacial score (nSPS) is 10.4. The molecular formula is C13H11BrN4O2. The first-order valence-electron chi connectivity index (χ1n) is 5.70.